The minimum absolute atomic E-state index is 0.0646. The number of fused-ring (bicyclic) bond motifs is 3. The van der Waals surface area contributed by atoms with E-state index in [1.807, 2.05) is 88.4 Å². The number of pyridine rings is 3. The predicted molar refractivity (Wildman–Crippen MR) is 380 cm³/mol. The molecular weight excluding hydrogens is 1330 g/mol. The Labute approximate surface area is 580 Å². The van der Waals surface area contributed by atoms with Crippen LogP contribution in [0.2, 0.25) is 0 Å². The van der Waals surface area contributed by atoms with Gasteiger partial charge in [-0.15, -0.1) is 15.3 Å². The Balaban J connectivity index is 0.000000148. The summed E-state index contributed by atoms with van der Waals surface area (Å²) < 4.78 is 55.4. The van der Waals surface area contributed by atoms with Crippen LogP contribution in [-0.2, 0) is 23.9 Å². The molecule has 12 aromatic rings. The summed E-state index contributed by atoms with van der Waals surface area (Å²) in [6.45, 7) is 6.69. The van der Waals surface area contributed by atoms with Gasteiger partial charge in [-0.05, 0) is 191 Å². The van der Waals surface area contributed by atoms with Crippen LogP contribution in [-0.4, -0.2) is 148 Å². The van der Waals surface area contributed by atoms with Crippen LogP contribution in [0.4, 0.5) is 30.2 Å². The van der Waals surface area contributed by atoms with Crippen molar-refractivity contribution in [1.29, 1.82) is 0 Å². The average molecular weight is 1400 g/mol. The molecule has 0 radical (unpaired) electrons. The number of hydrogen-bond donors (Lipinski definition) is 5. The Bertz CT molecular complexity index is 5170. The largest absolute Gasteiger partial charge is 0.479 e. The Kier molecular flexibility index (Phi) is 22.9. The van der Waals surface area contributed by atoms with E-state index in [4.69, 9.17) is 26.2 Å². The molecule has 25 nitrogen and oxygen atoms in total. The summed E-state index contributed by atoms with van der Waals surface area (Å²) in [4.78, 5) is 84.4. The van der Waals surface area contributed by atoms with Gasteiger partial charge in [0.2, 0.25) is 5.91 Å². The lowest BCUT2D eigenvalue weighted by molar-refractivity contribution is -0.147. The van der Waals surface area contributed by atoms with Gasteiger partial charge in [0.05, 0.1) is 52.3 Å². The predicted octanol–water partition coefficient (Wildman–Crippen LogP) is 11.2. The molecule has 6 aromatic heterocycles. The number of benzene rings is 6. The topological polar surface area (TPSA) is 302 Å². The van der Waals surface area contributed by atoms with E-state index in [0.29, 0.717) is 91.8 Å². The summed E-state index contributed by atoms with van der Waals surface area (Å²) in [6.07, 6.45) is 7.22. The molecule has 2 atom stereocenters. The molecule has 2 saturated heterocycles. The summed E-state index contributed by atoms with van der Waals surface area (Å²) in [5.74, 6) is -2.10. The first-order chi connectivity index (χ1) is 48.4. The van der Waals surface area contributed by atoms with E-state index in [2.05, 4.69) is 51.2 Å². The molecule has 0 saturated carbocycles. The van der Waals surface area contributed by atoms with Crippen molar-refractivity contribution in [1.82, 2.24) is 64.8 Å². The van der Waals surface area contributed by atoms with Crippen LogP contribution in [0.15, 0.2) is 189 Å². The van der Waals surface area contributed by atoms with Gasteiger partial charge in [0.1, 0.15) is 45.8 Å². The highest BCUT2D eigenvalue weighted by atomic mass is 35.5. The van der Waals surface area contributed by atoms with Gasteiger partial charge >= 0.3 is 5.97 Å². The first-order valence-electron chi connectivity index (χ1n) is 31.6. The maximum absolute atomic E-state index is 13.6. The fraction of sp³-hybridized carbons (Fsp3) is 0.222. The number of carbonyl (C=O) groups is 3. The third kappa shape index (κ3) is 17.7. The number of anilines is 3. The molecule has 0 bridgehead atoms. The van der Waals surface area contributed by atoms with Gasteiger partial charge in [0, 0.05) is 105 Å². The van der Waals surface area contributed by atoms with E-state index in [1.165, 1.54) is 75.8 Å². The number of H-pyrrole nitrogens is 3. The Morgan fingerprint density at radius 2 is 0.881 bits per heavy atom. The quantitative estimate of drug-likeness (QED) is 0.0710. The van der Waals surface area contributed by atoms with E-state index >= 15 is 0 Å². The van der Waals surface area contributed by atoms with Crippen molar-refractivity contribution in [3.05, 3.63) is 223 Å². The first kappa shape index (κ1) is 71.9. The van der Waals surface area contributed by atoms with E-state index < -0.39 is 12.1 Å². The van der Waals surface area contributed by atoms with Crippen LogP contribution in [0, 0.1) is 17.5 Å². The van der Waals surface area contributed by atoms with Crippen molar-refractivity contribution in [3.63, 3.8) is 0 Å². The number of halogens is 4. The Hall–Kier alpha value is -11.9. The molecule has 2 aliphatic heterocycles. The van der Waals surface area contributed by atoms with Crippen LogP contribution in [0.3, 0.4) is 0 Å². The van der Waals surface area contributed by atoms with Crippen molar-refractivity contribution in [2.75, 3.05) is 63.6 Å². The number of carboxylic acids is 1. The summed E-state index contributed by atoms with van der Waals surface area (Å²) in [5, 5.41) is 38.4. The number of hydrogen-bond acceptors (Lipinski definition) is 16. The molecular formula is C72H70ClF3N16O9. The van der Waals surface area contributed by atoms with Crippen LogP contribution in [0.5, 0.6) is 0 Å². The van der Waals surface area contributed by atoms with Gasteiger partial charge in [0.15, 0.2) is 6.10 Å². The number of aromatic nitrogens is 12. The second-order valence-corrected chi connectivity index (χ2v) is 24.1. The number of allylic oxidation sites excluding steroid dienone is 1. The zero-order valence-electron chi connectivity index (χ0n) is 56.1. The number of rotatable bonds is 12. The molecule has 0 unspecified atom stereocenters. The second kappa shape index (κ2) is 32.2. The number of aromatic amines is 3. The van der Waals surface area contributed by atoms with E-state index in [-0.39, 0.29) is 52.0 Å². The molecule has 520 valence electrons. The van der Waals surface area contributed by atoms with Crippen molar-refractivity contribution in [3.8, 4) is 50.8 Å². The fourth-order valence-electron chi connectivity index (χ4n) is 10.6. The van der Waals surface area contributed by atoms with E-state index in [9.17, 15) is 41.9 Å². The van der Waals surface area contributed by atoms with Gasteiger partial charge in [-0.3, -0.25) is 24.0 Å². The Morgan fingerprint density at radius 1 is 0.525 bits per heavy atom. The SMILES string of the molecule is CC(=O)N(C)c1ccc(-n2cc(-c3cc4cc(F)ccc4[nH]c3=O)nn2)cc1.CC(C)=C(Cl)N(C)C.CN(C(=O)[C@H]1CCCO1)c1ccc(-n2cc(-c3cc4cc(F)ccc4[nH]c3=O)nn2)cc1.CNc1ccc(-n2cc(-c3cc4cc(F)ccc4[nH]c3=O)nn2)cc1.O=C(O)[C@H]1CCCO1. The number of aliphatic carboxylic acids is 1. The molecule has 8 heterocycles. The lowest BCUT2D eigenvalue weighted by Gasteiger charge is -2.20. The van der Waals surface area contributed by atoms with Crippen LogP contribution in [0.25, 0.3) is 83.5 Å². The average Bonchev–Trinajstić information content (AvgIpc) is 1.78. The van der Waals surface area contributed by atoms with Crippen molar-refractivity contribution < 1.29 is 42.1 Å². The zero-order chi connectivity index (χ0) is 72.2. The summed E-state index contributed by atoms with van der Waals surface area (Å²) >= 11 is 5.76. The second-order valence-electron chi connectivity index (χ2n) is 23.7. The minimum Gasteiger partial charge on any atom is -0.479 e. The van der Waals surface area contributed by atoms with Gasteiger partial charge < -0.3 is 49.5 Å². The van der Waals surface area contributed by atoms with Crippen LogP contribution >= 0.6 is 11.6 Å². The standard InChI is InChI=1S/C23H20FN5O3.C20H16FN5O2.C18H14FN5O.C6H12ClN.C5H8O3/c1-28(23(31)21-3-2-10-32-21)16-5-7-17(8-6-16)29-13-20(26-27-29)18-12-14-11-15(24)4-9-19(14)25-22(18)30;1-12(27)25(2)15-4-6-16(7-5-15)26-11-19(23-24-26)17-10-13-9-14(21)3-8-18(13)22-20(17)28;1-20-13-3-5-14(6-4-13)24-10-17(22-23-24)15-9-11-8-12(19)2-7-16(11)21-18(15)25;1-5(2)6(7)8(3)4;6-5(7)4-2-1-3-8-4/h4-9,11-13,21H,2-3,10H2,1H3,(H,25,30);3-11H,1-2H3,(H,22,28);2-10,20H,1H3,(H,21,25);1-4H3;4H,1-3H2,(H,6,7)/t21-;;;;4-/m1...1/s1. The monoisotopic (exact) mass is 1390 g/mol. The van der Waals surface area contributed by atoms with Gasteiger partial charge in [-0.25, -0.2) is 32.0 Å². The fourth-order valence-corrected chi connectivity index (χ4v) is 10.6. The number of carboxylic acid groups (broad SMARTS) is 1. The first-order valence-corrected chi connectivity index (χ1v) is 32.0. The van der Waals surface area contributed by atoms with Gasteiger partial charge in [-0.2, -0.15) is 0 Å². The summed E-state index contributed by atoms with van der Waals surface area (Å²) in [5.41, 5.74) is 8.71. The highest BCUT2D eigenvalue weighted by Crippen LogP contribution is 2.26. The smallest absolute Gasteiger partial charge is 0.332 e. The van der Waals surface area contributed by atoms with Crippen molar-refractivity contribution in [2.24, 2.45) is 0 Å². The molecule has 0 spiro atoms. The maximum atomic E-state index is 13.6. The number of nitrogens with one attached hydrogen (secondary N) is 4. The molecule has 2 amide bonds. The molecule has 2 fully saturated rings. The molecule has 5 N–H and O–H groups in total. The number of likely N-dealkylation sites (N-methyl/N-ethyl adjacent to an activating group) is 1. The molecule has 0 aliphatic carbocycles. The molecule has 14 rings (SSSR count). The van der Waals surface area contributed by atoms with E-state index in [1.54, 1.807) is 84.7 Å². The Morgan fingerprint density at radius 3 is 1.18 bits per heavy atom. The van der Waals surface area contributed by atoms with Crippen molar-refractivity contribution in [2.45, 2.75) is 58.7 Å². The number of ether oxygens (including phenoxy) is 2. The third-order valence-corrected chi connectivity index (χ3v) is 16.9. The van der Waals surface area contributed by atoms with Crippen LogP contribution < -0.4 is 31.8 Å². The van der Waals surface area contributed by atoms with Crippen LogP contribution in [0.1, 0.15) is 46.5 Å². The lowest BCUT2D eigenvalue weighted by Crippen LogP contribution is -2.35. The molecule has 2 aliphatic rings. The molecule has 29 heteroatoms. The zero-order valence-corrected chi connectivity index (χ0v) is 56.8. The van der Waals surface area contributed by atoms with Gasteiger partial charge in [-0.1, -0.05) is 27.2 Å². The summed E-state index contributed by atoms with van der Waals surface area (Å²) in [7, 11) is 9.11. The normalized spacial score (nSPS) is 13.7. The number of nitrogens with zero attached hydrogens (tertiary/aromatic N) is 12. The minimum atomic E-state index is -0.831. The molecule has 6 aromatic carbocycles. The number of carbonyl (C=O) groups excluding carboxylic acids is 2. The van der Waals surface area contributed by atoms with E-state index in [0.717, 1.165) is 58.4 Å². The summed E-state index contributed by atoms with van der Waals surface area (Å²) in [6, 6.07) is 39.4. The van der Waals surface area contributed by atoms with Gasteiger partial charge in [0.25, 0.3) is 22.6 Å². The van der Waals surface area contributed by atoms with Crippen molar-refractivity contribution >= 4 is 79.2 Å². The third-order valence-electron chi connectivity index (χ3n) is 16.2. The highest BCUT2D eigenvalue weighted by Gasteiger charge is 2.27. The highest BCUT2D eigenvalue weighted by molar-refractivity contribution is 6.29. The number of amides is 2. The lowest BCUT2D eigenvalue weighted by atomic mass is 10.1. The maximum Gasteiger partial charge on any atom is 0.332 e. The molecule has 101 heavy (non-hydrogen) atoms.